The molecule has 3 aromatic heterocycles. The molecule has 0 saturated heterocycles. The fraction of sp³-hybridized carbons (Fsp3) is 0.273. The summed E-state index contributed by atoms with van der Waals surface area (Å²) in [7, 11) is 0. The number of halogens is 3. The fourth-order valence-corrected chi connectivity index (χ4v) is 3.85. The third kappa shape index (κ3) is 3.69. The van der Waals surface area contributed by atoms with E-state index >= 15 is 0 Å². The number of benzene rings is 1. The molecular formula is C22H19F3N6O2. The molecular weight excluding hydrogens is 437 g/mol. The minimum atomic E-state index is -2.77. The first kappa shape index (κ1) is 21.0. The molecule has 0 amide bonds. The monoisotopic (exact) mass is 456 g/mol. The first-order valence-electron chi connectivity index (χ1n) is 10.2. The van der Waals surface area contributed by atoms with Gasteiger partial charge in [-0.15, -0.1) is 10.2 Å². The predicted molar refractivity (Wildman–Crippen MR) is 113 cm³/mol. The molecule has 1 aliphatic heterocycles. The second-order valence-electron chi connectivity index (χ2n) is 7.52. The lowest BCUT2D eigenvalue weighted by Crippen LogP contribution is -2.11. The number of rotatable bonds is 2. The van der Waals surface area contributed by atoms with Gasteiger partial charge in [0.2, 0.25) is 0 Å². The van der Waals surface area contributed by atoms with Crippen LogP contribution < -0.4 is 14.8 Å². The highest BCUT2D eigenvalue weighted by Gasteiger charge is 2.21. The zero-order valence-electron chi connectivity index (χ0n) is 17.8. The van der Waals surface area contributed by atoms with E-state index in [1.807, 2.05) is 0 Å². The average molecular weight is 456 g/mol. The minimum absolute atomic E-state index is 0.170. The summed E-state index contributed by atoms with van der Waals surface area (Å²) in [6.45, 7) is 4.05. The largest absolute Gasteiger partial charge is 0.490 e. The Bertz CT molecular complexity index is 1360. The topological polar surface area (TPSA) is 86.5 Å². The van der Waals surface area contributed by atoms with Crippen LogP contribution in [0.1, 0.15) is 29.1 Å². The number of anilines is 1. The van der Waals surface area contributed by atoms with E-state index in [1.54, 1.807) is 30.4 Å². The van der Waals surface area contributed by atoms with Crippen LogP contribution in [0.5, 0.6) is 11.5 Å². The Balaban J connectivity index is 1.64. The van der Waals surface area contributed by atoms with Gasteiger partial charge in [0.15, 0.2) is 23.0 Å². The summed E-state index contributed by atoms with van der Waals surface area (Å²) >= 11 is 0. The standard InChI is InChI=1S/C22H19F3N6O2/c1-11-14-8-27-22-18(33-6-5-32-17(11)4-3-16(14)23)7-13(21-30-28-10-31(21)22)15-9-26-20(19(24)25)29-12(15)2/h3-4,7,9-10,19,27H,5-6,8H2,1-2H3. The lowest BCUT2D eigenvalue weighted by molar-refractivity contribution is 0.140. The molecule has 4 aromatic rings. The maximum Gasteiger partial charge on any atom is 0.297 e. The second kappa shape index (κ2) is 8.23. The molecule has 0 saturated carbocycles. The molecule has 1 aliphatic rings. The molecule has 4 heterocycles. The van der Waals surface area contributed by atoms with Crippen LogP contribution in [-0.4, -0.2) is 37.8 Å². The molecule has 0 radical (unpaired) electrons. The fourth-order valence-electron chi connectivity index (χ4n) is 3.85. The second-order valence-corrected chi connectivity index (χ2v) is 7.52. The normalized spacial score (nSPS) is 13.6. The van der Waals surface area contributed by atoms with Crippen LogP contribution in [0.2, 0.25) is 0 Å². The number of nitrogens with one attached hydrogen (secondary N) is 1. The van der Waals surface area contributed by atoms with E-state index in [0.29, 0.717) is 50.9 Å². The number of hydrogen-bond acceptors (Lipinski definition) is 7. The molecule has 0 atom stereocenters. The lowest BCUT2D eigenvalue weighted by Gasteiger charge is -2.17. The number of hydrogen-bond donors (Lipinski definition) is 1. The van der Waals surface area contributed by atoms with Crippen LogP contribution in [-0.2, 0) is 6.54 Å². The van der Waals surface area contributed by atoms with Crippen molar-refractivity contribution in [3.63, 3.8) is 0 Å². The number of aromatic nitrogens is 5. The van der Waals surface area contributed by atoms with Crippen LogP contribution in [0, 0.1) is 19.7 Å². The van der Waals surface area contributed by atoms with Gasteiger partial charge in [-0.2, -0.15) is 0 Å². The third-order valence-electron chi connectivity index (χ3n) is 5.54. The molecule has 11 heteroatoms. The summed E-state index contributed by atoms with van der Waals surface area (Å²) < 4.78 is 54.0. The number of pyridine rings is 1. The molecule has 5 rings (SSSR count). The Kier molecular flexibility index (Phi) is 5.23. The Labute approximate surface area is 186 Å². The van der Waals surface area contributed by atoms with Gasteiger partial charge in [0.25, 0.3) is 6.43 Å². The van der Waals surface area contributed by atoms with Gasteiger partial charge in [0.1, 0.15) is 31.1 Å². The van der Waals surface area contributed by atoms with Crippen molar-refractivity contribution >= 4 is 11.5 Å². The van der Waals surface area contributed by atoms with Crippen LogP contribution in [0.3, 0.4) is 0 Å². The number of nitrogens with zero attached hydrogens (tertiary/aromatic N) is 5. The Hall–Kier alpha value is -3.89. The zero-order chi connectivity index (χ0) is 23.1. The molecule has 0 fully saturated rings. The van der Waals surface area contributed by atoms with Gasteiger partial charge in [0.05, 0.1) is 0 Å². The van der Waals surface area contributed by atoms with Crippen LogP contribution in [0.4, 0.5) is 19.0 Å². The van der Waals surface area contributed by atoms with E-state index in [4.69, 9.17) is 9.47 Å². The maximum absolute atomic E-state index is 14.5. The van der Waals surface area contributed by atoms with Crippen molar-refractivity contribution in [1.82, 2.24) is 24.6 Å². The first-order chi connectivity index (χ1) is 15.9. The van der Waals surface area contributed by atoms with Crippen molar-refractivity contribution in [3.8, 4) is 22.6 Å². The number of alkyl halides is 2. The molecule has 8 nitrogen and oxygen atoms in total. The Morgan fingerprint density at radius 1 is 1.09 bits per heavy atom. The third-order valence-corrected chi connectivity index (χ3v) is 5.54. The van der Waals surface area contributed by atoms with Gasteiger partial charge in [-0.25, -0.2) is 23.1 Å². The molecule has 33 heavy (non-hydrogen) atoms. The smallest absolute Gasteiger partial charge is 0.297 e. The van der Waals surface area contributed by atoms with Gasteiger partial charge < -0.3 is 14.8 Å². The summed E-state index contributed by atoms with van der Waals surface area (Å²) in [6, 6.07) is 4.69. The Morgan fingerprint density at radius 3 is 2.64 bits per heavy atom. The summed E-state index contributed by atoms with van der Waals surface area (Å²) in [6.07, 6.45) is 0.0620. The van der Waals surface area contributed by atoms with Crippen molar-refractivity contribution in [2.75, 3.05) is 18.5 Å². The summed E-state index contributed by atoms with van der Waals surface area (Å²) in [5.74, 6) is 0.652. The number of fused-ring (bicyclic) bond motifs is 5. The molecule has 0 aliphatic carbocycles. The molecule has 0 spiro atoms. The molecule has 170 valence electrons. The van der Waals surface area contributed by atoms with Crippen LogP contribution >= 0.6 is 0 Å². The van der Waals surface area contributed by atoms with Crippen LogP contribution in [0.25, 0.3) is 16.8 Å². The van der Waals surface area contributed by atoms with Gasteiger partial charge >= 0.3 is 0 Å². The quantitative estimate of drug-likeness (QED) is 0.482. The Morgan fingerprint density at radius 2 is 1.88 bits per heavy atom. The lowest BCUT2D eigenvalue weighted by atomic mass is 10.1. The predicted octanol–water partition coefficient (Wildman–Crippen LogP) is 4.26. The van der Waals surface area contributed by atoms with Gasteiger partial charge in [-0.1, -0.05) is 0 Å². The van der Waals surface area contributed by atoms with E-state index in [2.05, 4.69) is 25.5 Å². The van der Waals surface area contributed by atoms with E-state index < -0.39 is 12.2 Å². The van der Waals surface area contributed by atoms with Crippen molar-refractivity contribution in [3.05, 3.63) is 59.2 Å². The van der Waals surface area contributed by atoms with Crippen molar-refractivity contribution in [1.29, 1.82) is 0 Å². The van der Waals surface area contributed by atoms with Gasteiger partial charge in [0, 0.05) is 35.1 Å². The highest BCUT2D eigenvalue weighted by atomic mass is 19.3. The van der Waals surface area contributed by atoms with Crippen molar-refractivity contribution in [2.45, 2.75) is 26.8 Å². The van der Waals surface area contributed by atoms with E-state index in [1.165, 1.54) is 18.6 Å². The molecule has 2 bridgehead atoms. The zero-order valence-corrected chi connectivity index (χ0v) is 17.8. The highest BCUT2D eigenvalue weighted by molar-refractivity contribution is 5.82. The first-order valence-corrected chi connectivity index (χ1v) is 10.2. The molecule has 1 aromatic carbocycles. The summed E-state index contributed by atoms with van der Waals surface area (Å²) in [5.41, 5.74) is 3.06. The van der Waals surface area contributed by atoms with Gasteiger partial charge in [-0.05, 0) is 37.6 Å². The van der Waals surface area contributed by atoms with E-state index in [9.17, 15) is 13.2 Å². The molecule has 1 N–H and O–H groups in total. The molecule has 0 unspecified atom stereocenters. The van der Waals surface area contributed by atoms with Crippen molar-refractivity contribution in [2.24, 2.45) is 0 Å². The highest BCUT2D eigenvalue weighted by Crippen LogP contribution is 2.36. The maximum atomic E-state index is 14.5. The summed E-state index contributed by atoms with van der Waals surface area (Å²) in [5, 5.41) is 11.4. The number of ether oxygens (including phenoxy) is 2. The van der Waals surface area contributed by atoms with Crippen molar-refractivity contribution < 1.29 is 22.6 Å². The number of aryl methyl sites for hydroxylation is 1. The SMILES string of the molecule is Cc1nc(C(F)F)ncc1-c1cc2c(n3cnnc13)NCc1c(F)ccc(c1C)OCCO2. The minimum Gasteiger partial charge on any atom is -0.490 e. The van der Waals surface area contributed by atoms with E-state index in [0.717, 1.165) is 0 Å². The van der Waals surface area contributed by atoms with E-state index in [-0.39, 0.29) is 25.6 Å². The van der Waals surface area contributed by atoms with Gasteiger partial charge in [-0.3, -0.25) is 4.40 Å². The average Bonchev–Trinajstić information content (AvgIpc) is 3.27. The summed E-state index contributed by atoms with van der Waals surface area (Å²) in [4.78, 5) is 7.71. The van der Waals surface area contributed by atoms with Crippen LogP contribution in [0.15, 0.2) is 30.7 Å².